The molecule has 272 valence electrons. The summed E-state index contributed by atoms with van der Waals surface area (Å²) in [4.78, 5) is 52.9. The highest BCUT2D eigenvalue weighted by Crippen LogP contribution is 2.47. The number of pyridine rings is 2. The summed E-state index contributed by atoms with van der Waals surface area (Å²) < 4.78 is 17.8. The third-order valence-corrected chi connectivity index (χ3v) is 10.3. The lowest BCUT2D eigenvalue weighted by Crippen LogP contribution is -2.50. The van der Waals surface area contributed by atoms with Gasteiger partial charge in [0, 0.05) is 42.2 Å². The van der Waals surface area contributed by atoms with Crippen LogP contribution in [0.3, 0.4) is 0 Å². The molecule has 2 fully saturated rings. The minimum absolute atomic E-state index is 0.114. The Kier molecular flexibility index (Phi) is 11.8. The van der Waals surface area contributed by atoms with Crippen LogP contribution in [0.4, 0.5) is 0 Å². The largest absolute Gasteiger partial charge is 0.496 e. The van der Waals surface area contributed by atoms with Gasteiger partial charge in [0.25, 0.3) is 0 Å². The van der Waals surface area contributed by atoms with Crippen molar-refractivity contribution in [2.45, 2.75) is 83.8 Å². The van der Waals surface area contributed by atoms with Gasteiger partial charge in [-0.1, -0.05) is 32.1 Å². The number of allylic oxidation sites excluding steroid dienone is 1. The predicted octanol–water partition coefficient (Wildman–Crippen LogP) is 6.95. The van der Waals surface area contributed by atoms with Gasteiger partial charge >= 0.3 is 5.97 Å². The van der Waals surface area contributed by atoms with Crippen molar-refractivity contribution in [1.82, 2.24) is 20.2 Å². The number of esters is 1. The fraction of sp³-hybridized carbons (Fsp3) is 0.488. The van der Waals surface area contributed by atoms with E-state index in [0.29, 0.717) is 43.0 Å². The Morgan fingerprint density at radius 3 is 2.49 bits per heavy atom. The number of rotatable bonds is 16. The number of hydrogen-bond donors (Lipinski definition) is 1. The zero-order valence-corrected chi connectivity index (χ0v) is 30.9. The summed E-state index contributed by atoms with van der Waals surface area (Å²) in [5.41, 5.74) is 2.74. The quantitative estimate of drug-likeness (QED) is 0.0971. The lowest BCUT2D eigenvalue weighted by Gasteiger charge is -2.26. The van der Waals surface area contributed by atoms with Crippen molar-refractivity contribution in [3.05, 3.63) is 73.0 Å². The maximum absolute atomic E-state index is 14.1. The summed E-state index contributed by atoms with van der Waals surface area (Å²) in [5, 5.41) is 3.80. The van der Waals surface area contributed by atoms with Crippen molar-refractivity contribution < 1.29 is 28.6 Å². The molecular weight excluding hydrogens is 644 g/mol. The molecule has 2 aliphatic rings. The Morgan fingerprint density at radius 2 is 1.82 bits per heavy atom. The fourth-order valence-corrected chi connectivity index (χ4v) is 7.18. The first-order valence-electron chi connectivity index (χ1n) is 18.1. The summed E-state index contributed by atoms with van der Waals surface area (Å²) in [5.74, 6) is -1.01. The van der Waals surface area contributed by atoms with Crippen LogP contribution in [-0.4, -0.2) is 71.6 Å². The highest BCUT2D eigenvalue weighted by atomic mass is 16.5. The molecule has 2 saturated carbocycles. The van der Waals surface area contributed by atoms with E-state index in [-0.39, 0.29) is 30.3 Å². The first-order valence-corrected chi connectivity index (χ1v) is 18.1. The molecule has 2 heterocycles. The van der Waals surface area contributed by atoms with Crippen molar-refractivity contribution in [3.63, 3.8) is 0 Å². The van der Waals surface area contributed by atoms with Crippen LogP contribution in [0.1, 0.15) is 76.5 Å². The Hall–Kier alpha value is -4.73. The number of amides is 2. The van der Waals surface area contributed by atoms with Gasteiger partial charge in [0.1, 0.15) is 23.1 Å². The smallest absolute Gasteiger partial charge is 0.332 e. The van der Waals surface area contributed by atoms with Gasteiger partial charge in [0.15, 0.2) is 0 Å². The van der Waals surface area contributed by atoms with Gasteiger partial charge in [0.05, 0.1) is 42.5 Å². The fourth-order valence-electron chi connectivity index (χ4n) is 7.18. The van der Waals surface area contributed by atoms with Gasteiger partial charge in [-0.2, -0.15) is 0 Å². The lowest BCUT2D eigenvalue weighted by molar-refractivity contribution is -0.150. The molecular formula is C41H52N4O6. The van der Waals surface area contributed by atoms with E-state index in [2.05, 4.69) is 32.3 Å². The van der Waals surface area contributed by atoms with E-state index >= 15 is 0 Å². The van der Waals surface area contributed by atoms with E-state index in [1.165, 1.54) is 0 Å². The van der Waals surface area contributed by atoms with Gasteiger partial charge in [0.2, 0.25) is 11.8 Å². The number of unbranched alkanes of at least 4 members (excludes halogenated alkanes) is 2. The number of nitrogens with one attached hydrogen (secondary N) is 1. The number of aromatic nitrogens is 2. The number of fused-ring (bicyclic) bond motifs is 1. The van der Waals surface area contributed by atoms with Crippen LogP contribution in [0.2, 0.25) is 0 Å². The second kappa shape index (κ2) is 16.1. The van der Waals surface area contributed by atoms with Crippen LogP contribution in [0, 0.1) is 24.7 Å². The highest BCUT2D eigenvalue weighted by Gasteiger charge is 2.62. The number of nitrogens with zero attached hydrogens (tertiary/aromatic N) is 3. The third kappa shape index (κ3) is 7.95. The minimum Gasteiger partial charge on any atom is -0.496 e. The van der Waals surface area contributed by atoms with Crippen molar-refractivity contribution >= 4 is 28.7 Å². The van der Waals surface area contributed by atoms with Gasteiger partial charge < -0.3 is 24.4 Å². The standard InChI is InChI=1S/C41H52N4O6/c1-9-12-13-14-20-45(7)39(47)31-22-28(21-30(31)38(46)44-41(24-27(41)10-2)40(48)50-11-3)51-36-23-34(33-17-15-16-32(42-33)25(4)5)43-37-26(6)35(49-8)19-18-29(36)37/h9-10,15-19,23,25,27-28,30-31H,1-2,11-14,20-22,24H2,3-8H3,(H,44,46). The number of aryl methyl sites for hydroxylation is 1. The average Bonchev–Trinajstić information content (AvgIpc) is 3.69. The number of hydrogen-bond acceptors (Lipinski definition) is 8. The number of benzene rings is 1. The second-order valence-corrected chi connectivity index (χ2v) is 14.1. The normalized spacial score (nSPS) is 22.3. The topological polar surface area (TPSA) is 120 Å². The summed E-state index contributed by atoms with van der Waals surface area (Å²) in [6.07, 6.45) is 6.74. The zero-order chi connectivity index (χ0) is 36.9. The molecule has 5 atom stereocenters. The predicted molar refractivity (Wildman–Crippen MR) is 198 cm³/mol. The molecule has 1 aromatic carbocycles. The molecule has 51 heavy (non-hydrogen) atoms. The molecule has 1 N–H and O–H groups in total. The molecule has 0 bridgehead atoms. The molecule has 10 heteroatoms. The maximum atomic E-state index is 14.1. The summed E-state index contributed by atoms with van der Waals surface area (Å²) in [6, 6.07) is 11.6. The van der Waals surface area contributed by atoms with Crippen molar-refractivity contribution in [1.29, 1.82) is 0 Å². The Balaban J connectivity index is 1.49. The highest BCUT2D eigenvalue weighted by molar-refractivity contribution is 5.95. The van der Waals surface area contributed by atoms with Crippen LogP contribution >= 0.6 is 0 Å². The number of methoxy groups -OCH3 is 1. The van der Waals surface area contributed by atoms with E-state index in [0.717, 1.165) is 47.1 Å². The van der Waals surface area contributed by atoms with Crippen molar-refractivity contribution in [3.8, 4) is 22.9 Å². The minimum atomic E-state index is -1.16. The molecule has 0 saturated heterocycles. The molecule has 0 aliphatic heterocycles. The number of carbonyl (C=O) groups excluding carboxylic acids is 3. The second-order valence-electron chi connectivity index (χ2n) is 14.1. The van der Waals surface area contributed by atoms with Crippen LogP contribution < -0.4 is 14.8 Å². The molecule has 5 unspecified atom stereocenters. The zero-order valence-electron chi connectivity index (χ0n) is 30.9. The maximum Gasteiger partial charge on any atom is 0.332 e. The molecule has 2 amide bonds. The van der Waals surface area contributed by atoms with E-state index in [1.54, 1.807) is 32.1 Å². The first-order chi connectivity index (χ1) is 24.5. The summed E-state index contributed by atoms with van der Waals surface area (Å²) in [7, 11) is 3.41. The molecule has 3 aromatic rings. The molecule has 0 radical (unpaired) electrons. The lowest BCUT2D eigenvalue weighted by atomic mass is 9.93. The van der Waals surface area contributed by atoms with E-state index < -0.39 is 29.4 Å². The third-order valence-electron chi connectivity index (χ3n) is 10.3. The Bertz CT molecular complexity index is 1790. The van der Waals surface area contributed by atoms with Crippen LogP contribution in [0.15, 0.2) is 61.7 Å². The molecule has 10 nitrogen and oxygen atoms in total. The van der Waals surface area contributed by atoms with Gasteiger partial charge in [-0.15, -0.1) is 13.2 Å². The number of ether oxygens (including phenoxy) is 3. The monoisotopic (exact) mass is 696 g/mol. The average molecular weight is 697 g/mol. The molecule has 5 rings (SSSR count). The Labute approximate surface area is 301 Å². The first kappa shape index (κ1) is 37.5. The van der Waals surface area contributed by atoms with Crippen LogP contribution in [0.25, 0.3) is 22.3 Å². The van der Waals surface area contributed by atoms with Crippen LogP contribution in [0.5, 0.6) is 11.5 Å². The van der Waals surface area contributed by atoms with Crippen LogP contribution in [-0.2, 0) is 19.1 Å². The van der Waals surface area contributed by atoms with E-state index in [9.17, 15) is 14.4 Å². The van der Waals surface area contributed by atoms with Gasteiger partial charge in [-0.25, -0.2) is 9.78 Å². The van der Waals surface area contributed by atoms with Gasteiger partial charge in [-0.3, -0.25) is 14.6 Å². The van der Waals surface area contributed by atoms with E-state index in [1.807, 2.05) is 49.4 Å². The molecule has 2 aliphatic carbocycles. The van der Waals surface area contributed by atoms with Crippen molar-refractivity contribution in [2.75, 3.05) is 27.3 Å². The van der Waals surface area contributed by atoms with Crippen molar-refractivity contribution in [2.24, 2.45) is 17.8 Å². The molecule has 0 spiro atoms. The summed E-state index contributed by atoms with van der Waals surface area (Å²) in [6.45, 7) is 16.3. The summed E-state index contributed by atoms with van der Waals surface area (Å²) >= 11 is 0. The van der Waals surface area contributed by atoms with E-state index in [4.69, 9.17) is 24.2 Å². The SMILES string of the molecule is C=CCCCCN(C)C(=O)C1CC(Oc2cc(-c3cccc(C(C)C)n3)nc3c(C)c(OC)ccc23)CC1C(=O)NC1(C(=O)OCC)CC1C=C. The molecule has 2 aromatic heterocycles. The number of carbonyl (C=O) groups is 3. The Morgan fingerprint density at radius 1 is 1.06 bits per heavy atom. The van der Waals surface area contributed by atoms with Gasteiger partial charge in [-0.05, 0) is 82.6 Å².